The molecule has 4 heteroatoms. The first-order chi connectivity index (χ1) is 6.07. The standard InChI is InChI=1S/C9H9BrO3/c1-5(11)8-7(12)4-3-6(10)9(8)13-2/h3-4,12H,1-2H3. The number of rotatable bonds is 2. The summed E-state index contributed by atoms with van der Waals surface area (Å²) in [4.78, 5) is 11.1. The summed E-state index contributed by atoms with van der Waals surface area (Å²) < 4.78 is 5.64. The molecule has 1 rings (SSSR count). The van der Waals surface area contributed by atoms with E-state index in [4.69, 9.17) is 4.74 Å². The first kappa shape index (κ1) is 10.1. The van der Waals surface area contributed by atoms with Crippen molar-refractivity contribution in [1.29, 1.82) is 0 Å². The molecule has 1 N–H and O–H groups in total. The van der Waals surface area contributed by atoms with Crippen LogP contribution in [0, 0.1) is 0 Å². The van der Waals surface area contributed by atoms with Crippen molar-refractivity contribution in [2.45, 2.75) is 6.92 Å². The van der Waals surface area contributed by atoms with Crippen LogP contribution in [0.3, 0.4) is 0 Å². The second kappa shape index (κ2) is 3.79. The number of Topliss-reactive ketones (excluding diaryl/α,β-unsaturated/α-hetero) is 1. The van der Waals surface area contributed by atoms with E-state index in [1.807, 2.05) is 0 Å². The fourth-order valence-corrected chi connectivity index (χ4v) is 1.58. The molecule has 0 unspecified atom stereocenters. The molecule has 1 aromatic carbocycles. The topological polar surface area (TPSA) is 46.5 Å². The number of carbonyl (C=O) groups excluding carboxylic acids is 1. The largest absolute Gasteiger partial charge is 0.507 e. The van der Waals surface area contributed by atoms with Gasteiger partial charge in [-0.3, -0.25) is 4.79 Å². The van der Waals surface area contributed by atoms with Gasteiger partial charge in [-0.2, -0.15) is 0 Å². The molecule has 0 aromatic heterocycles. The van der Waals surface area contributed by atoms with Gasteiger partial charge >= 0.3 is 0 Å². The molecular formula is C9H9BrO3. The van der Waals surface area contributed by atoms with Crippen LogP contribution in [0.2, 0.25) is 0 Å². The molecule has 70 valence electrons. The van der Waals surface area contributed by atoms with Crippen molar-refractivity contribution in [1.82, 2.24) is 0 Å². The van der Waals surface area contributed by atoms with Crippen LogP contribution in [-0.4, -0.2) is 18.0 Å². The van der Waals surface area contributed by atoms with Crippen molar-refractivity contribution < 1.29 is 14.6 Å². The number of ketones is 1. The van der Waals surface area contributed by atoms with E-state index in [0.29, 0.717) is 10.2 Å². The Morgan fingerprint density at radius 1 is 1.54 bits per heavy atom. The fourth-order valence-electron chi connectivity index (χ4n) is 1.09. The van der Waals surface area contributed by atoms with Crippen molar-refractivity contribution in [3.05, 3.63) is 22.2 Å². The van der Waals surface area contributed by atoms with E-state index in [2.05, 4.69) is 15.9 Å². The molecule has 0 radical (unpaired) electrons. The first-order valence-electron chi connectivity index (χ1n) is 3.64. The second-order valence-corrected chi connectivity index (χ2v) is 3.39. The summed E-state index contributed by atoms with van der Waals surface area (Å²) in [7, 11) is 1.45. The number of phenols is 1. The van der Waals surface area contributed by atoms with Crippen molar-refractivity contribution in [3.8, 4) is 11.5 Å². The van der Waals surface area contributed by atoms with Crippen molar-refractivity contribution in [3.63, 3.8) is 0 Å². The summed E-state index contributed by atoms with van der Waals surface area (Å²) in [6, 6.07) is 3.07. The van der Waals surface area contributed by atoms with Gasteiger partial charge in [0.2, 0.25) is 0 Å². The van der Waals surface area contributed by atoms with Gasteiger partial charge in [0.1, 0.15) is 17.1 Å². The zero-order chi connectivity index (χ0) is 10.0. The van der Waals surface area contributed by atoms with Gasteiger partial charge in [-0.05, 0) is 35.0 Å². The summed E-state index contributed by atoms with van der Waals surface area (Å²) in [5, 5.41) is 9.40. The Morgan fingerprint density at radius 3 is 2.54 bits per heavy atom. The lowest BCUT2D eigenvalue weighted by atomic mass is 10.1. The van der Waals surface area contributed by atoms with Crippen LogP contribution in [0.1, 0.15) is 17.3 Å². The minimum absolute atomic E-state index is 0.0625. The van der Waals surface area contributed by atoms with E-state index >= 15 is 0 Å². The van der Waals surface area contributed by atoms with Crippen molar-refractivity contribution in [2.24, 2.45) is 0 Å². The zero-order valence-electron chi connectivity index (χ0n) is 7.30. The van der Waals surface area contributed by atoms with Gasteiger partial charge in [0.25, 0.3) is 0 Å². The summed E-state index contributed by atoms with van der Waals surface area (Å²) in [5.41, 5.74) is 0.205. The van der Waals surface area contributed by atoms with Crippen LogP contribution in [-0.2, 0) is 0 Å². The predicted molar refractivity (Wildman–Crippen MR) is 52.4 cm³/mol. The van der Waals surface area contributed by atoms with E-state index in [0.717, 1.165) is 0 Å². The fraction of sp³-hybridized carbons (Fsp3) is 0.222. The molecule has 0 aliphatic carbocycles. The van der Waals surface area contributed by atoms with Crippen molar-refractivity contribution in [2.75, 3.05) is 7.11 Å². The monoisotopic (exact) mass is 244 g/mol. The molecule has 0 atom stereocenters. The second-order valence-electron chi connectivity index (χ2n) is 2.53. The summed E-state index contributed by atoms with van der Waals surface area (Å²) in [6.07, 6.45) is 0. The summed E-state index contributed by atoms with van der Waals surface area (Å²) in [5.74, 6) is 0.0794. The zero-order valence-corrected chi connectivity index (χ0v) is 8.88. The summed E-state index contributed by atoms with van der Waals surface area (Å²) >= 11 is 3.22. The highest BCUT2D eigenvalue weighted by Crippen LogP contribution is 2.34. The van der Waals surface area contributed by atoms with Crippen LogP contribution in [0.15, 0.2) is 16.6 Å². The molecule has 0 aliphatic heterocycles. The van der Waals surface area contributed by atoms with E-state index in [9.17, 15) is 9.90 Å². The number of benzene rings is 1. The molecule has 0 saturated heterocycles. The number of aromatic hydroxyl groups is 1. The predicted octanol–water partition coefficient (Wildman–Crippen LogP) is 2.37. The number of phenolic OH excluding ortho intramolecular Hbond substituents is 1. The lowest BCUT2D eigenvalue weighted by Crippen LogP contribution is -1.98. The molecule has 3 nitrogen and oxygen atoms in total. The minimum Gasteiger partial charge on any atom is -0.507 e. The number of halogens is 1. The Labute approximate surface area is 84.5 Å². The number of methoxy groups -OCH3 is 1. The third kappa shape index (κ3) is 1.83. The highest BCUT2D eigenvalue weighted by atomic mass is 79.9. The van der Waals surface area contributed by atoms with Crippen LogP contribution < -0.4 is 4.74 Å². The Balaban J connectivity index is 3.43. The Hall–Kier alpha value is -1.03. The molecular weight excluding hydrogens is 236 g/mol. The number of ether oxygens (including phenoxy) is 1. The molecule has 0 aliphatic rings. The average Bonchev–Trinajstić information content (AvgIpc) is 2.07. The number of carbonyl (C=O) groups is 1. The van der Waals surface area contributed by atoms with E-state index < -0.39 is 0 Å². The Bertz CT molecular complexity index is 347. The first-order valence-corrected chi connectivity index (χ1v) is 4.43. The lowest BCUT2D eigenvalue weighted by Gasteiger charge is -2.09. The Morgan fingerprint density at radius 2 is 2.15 bits per heavy atom. The van der Waals surface area contributed by atoms with Crippen LogP contribution in [0.25, 0.3) is 0 Å². The number of hydrogen-bond donors (Lipinski definition) is 1. The molecule has 13 heavy (non-hydrogen) atoms. The molecule has 0 saturated carbocycles. The molecule has 0 heterocycles. The highest BCUT2D eigenvalue weighted by molar-refractivity contribution is 9.10. The molecule has 0 amide bonds. The smallest absolute Gasteiger partial charge is 0.167 e. The summed E-state index contributed by atoms with van der Waals surface area (Å²) in [6.45, 7) is 1.38. The van der Waals surface area contributed by atoms with Crippen LogP contribution >= 0.6 is 15.9 Å². The van der Waals surface area contributed by atoms with Gasteiger partial charge < -0.3 is 9.84 Å². The van der Waals surface area contributed by atoms with Crippen molar-refractivity contribution >= 4 is 21.7 Å². The normalized spacial score (nSPS) is 9.77. The number of hydrogen-bond acceptors (Lipinski definition) is 3. The molecule has 0 spiro atoms. The van der Waals surface area contributed by atoms with E-state index in [1.165, 1.54) is 20.1 Å². The van der Waals surface area contributed by atoms with E-state index in [-0.39, 0.29) is 17.1 Å². The van der Waals surface area contributed by atoms with Gasteiger partial charge in [0.15, 0.2) is 5.78 Å². The van der Waals surface area contributed by atoms with Crippen LogP contribution in [0.4, 0.5) is 0 Å². The maximum absolute atomic E-state index is 11.1. The van der Waals surface area contributed by atoms with Gasteiger partial charge in [0, 0.05) is 0 Å². The van der Waals surface area contributed by atoms with Gasteiger partial charge in [-0.15, -0.1) is 0 Å². The molecule has 1 aromatic rings. The minimum atomic E-state index is -0.226. The maximum Gasteiger partial charge on any atom is 0.167 e. The van der Waals surface area contributed by atoms with Gasteiger partial charge in [-0.25, -0.2) is 0 Å². The third-order valence-corrected chi connectivity index (χ3v) is 2.27. The molecule has 0 fully saturated rings. The SMILES string of the molecule is COc1c(Br)ccc(O)c1C(C)=O. The quantitative estimate of drug-likeness (QED) is 0.813. The average molecular weight is 245 g/mol. The lowest BCUT2D eigenvalue weighted by molar-refractivity contribution is 0.101. The Kier molecular flexibility index (Phi) is 2.93. The third-order valence-electron chi connectivity index (χ3n) is 1.64. The van der Waals surface area contributed by atoms with Gasteiger partial charge in [-0.1, -0.05) is 0 Å². The maximum atomic E-state index is 11.1. The van der Waals surface area contributed by atoms with Gasteiger partial charge in [0.05, 0.1) is 11.6 Å². The molecule has 0 bridgehead atoms. The highest BCUT2D eigenvalue weighted by Gasteiger charge is 2.15. The van der Waals surface area contributed by atoms with Crippen LogP contribution in [0.5, 0.6) is 11.5 Å². The van der Waals surface area contributed by atoms with E-state index in [1.54, 1.807) is 6.07 Å².